The number of hydrogen-bond donors (Lipinski definition) is 2. The number of aromatic amines is 1. The molecule has 0 spiro atoms. The lowest BCUT2D eigenvalue weighted by molar-refractivity contribution is -0.125. The molecule has 0 radical (unpaired) electrons. The Morgan fingerprint density at radius 3 is 2.71 bits per heavy atom. The van der Waals surface area contributed by atoms with Gasteiger partial charge in [0.25, 0.3) is 0 Å². The molecule has 5 heteroatoms. The van der Waals surface area contributed by atoms with Gasteiger partial charge in [0.05, 0.1) is 11.0 Å². The molecule has 1 amide bonds. The summed E-state index contributed by atoms with van der Waals surface area (Å²) in [5, 5.41) is 3.28. The molecule has 1 heterocycles. The highest BCUT2D eigenvalue weighted by atomic mass is 32.1. The Hall–Kier alpha value is -1.62. The molecule has 1 saturated carbocycles. The molecule has 1 aliphatic rings. The second-order valence-electron chi connectivity index (χ2n) is 7.31. The summed E-state index contributed by atoms with van der Waals surface area (Å²) in [6.45, 7) is 4.30. The number of nitrogens with zero attached hydrogens (tertiary/aromatic N) is 1. The molecule has 3 rings (SSSR count). The van der Waals surface area contributed by atoms with Gasteiger partial charge >= 0.3 is 0 Å². The zero-order valence-electron chi connectivity index (χ0n) is 14.5. The Morgan fingerprint density at radius 2 is 2.00 bits per heavy atom. The van der Waals surface area contributed by atoms with E-state index in [0.717, 1.165) is 30.3 Å². The first-order valence-electron chi connectivity index (χ1n) is 9.06. The Kier molecular flexibility index (Phi) is 5.39. The van der Waals surface area contributed by atoms with Gasteiger partial charge < -0.3 is 14.9 Å². The molecule has 1 aromatic heterocycles. The van der Waals surface area contributed by atoms with E-state index in [-0.39, 0.29) is 11.9 Å². The summed E-state index contributed by atoms with van der Waals surface area (Å²) in [6.07, 6.45) is 6.70. The molecule has 2 aromatic rings. The minimum Gasteiger partial charge on any atom is -0.352 e. The van der Waals surface area contributed by atoms with Crippen LogP contribution < -0.4 is 5.32 Å². The number of H-pyrrole nitrogens is 1. The minimum atomic E-state index is -0.254. The molecular formula is C19H27N3OS. The second-order valence-corrected chi connectivity index (χ2v) is 7.69. The highest BCUT2D eigenvalue weighted by molar-refractivity contribution is 7.71. The Balaban J connectivity index is 1.91. The van der Waals surface area contributed by atoms with Crippen LogP contribution in [-0.2, 0) is 4.79 Å². The second kappa shape index (κ2) is 7.51. The number of para-hydroxylation sites is 2. The molecule has 0 bridgehead atoms. The Bertz CT molecular complexity index is 755. The van der Waals surface area contributed by atoms with Gasteiger partial charge in [-0.3, -0.25) is 4.79 Å². The van der Waals surface area contributed by atoms with E-state index in [4.69, 9.17) is 12.2 Å². The van der Waals surface area contributed by atoms with Crippen LogP contribution in [0.2, 0.25) is 0 Å². The largest absolute Gasteiger partial charge is 0.352 e. The van der Waals surface area contributed by atoms with Crippen molar-refractivity contribution in [3.05, 3.63) is 29.0 Å². The first-order valence-corrected chi connectivity index (χ1v) is 9.46. The molecule has 1 aromatic carbocycles. The van der Waals surface area contributed by atoms with Gasteiger partial charge in [0, 0.05) is 6.04 Å². The van der Waals surface area contributed by atoms with E-state index < -0.39 is 0 Å². The summed E-state index contributed by atoms with van der Waals surface area (Å²) in [7, 11) is 0. The average Bonchev–Trinajstić information content (AvgIpc) is 2.89. The van der Waals surface area contributed by atoms with Crippen molar-refractivity contribution in [1.82, 2.24) is 14.9 Å². The number of rotatable bonds is 5. The topological polar surface area (TPSA) is 49.8 Å². The van der Waals surface area contributed by atoms with E-state index in [0.29, 0.717) is 16.7 Å². The predicted octanol–water partition coefficient (Wildman–Crippen LogP) is 4.73. The van der Waals surface area contributed by atoms with Crippen LogP contribution in [0.1, 0.15) is 58.4 Å². The smallest absolute Gasteiger partial charge is 0.243 e. The van der Waals surface area contributed by atoms with Crippen molar-refractivity contribution < 1.29 is 4.79 Å². The van der Waals surface area contributed by atoms with Crippen molar-refractivity contribution in [2.24, 2.45) is 5.92 Å². The van der Waals surface area contributed by atoms with Crippen LogP contribution in [0.3, 0.4) is 0 Å². The van der Waals surface area contributed by atoms with Gasteiger partial charge in [-0.2, -0.15) is 0 Å². The van der Waals surface area contributed by atoms with Crippen molar-refractivity contribution in [3.8, 4) is 0 Å². The van der Waals surface area contributed by atoms with E-state index >= 15 is 0 Å². The first-order chi connectivity index (χ1) is 11.6. The monoisotopic (exact) mass is 345 g/mol. The maximum Gasteiger partial charge on any atom is 0.243 e. The Labute approximate surface area is 148 Å². The number of carbonyl (C=O) groups excluding carboxylic acids is 1. The maximum absolute atomic E-state index is 13.0. The number of carbonyl (C=O) groups is 1. The zero-order valence-corrected chi connectivity index (χ0v) is 15.4. The summed E-state index contributed by atoms with van der Waals surface area (Å²) >= 11 is 5.53. The van der Waals surface area contributed by atoms with Crippen LogP contribution in [0.25, 0.3) is 11.0 Å². The highest BCUT2D eigenvalue weighted by Crippen LogP contribution is 2.26. The van der Waals surface area contributed by atoms with Crippen LogP contribution in [0, 0.1) is 10.7 Å². The third kappa shape index (κ3) is 3.72. The van der Waals surface area contributed by atoms with Gasteiger partial charge in [0.15, 0.2) is 4.77 Å². The summed E-state index contributed by atoms with van der Waals surface area (Å²) in [4.78, 5) is 16.3. The number of amides is 1. The molecule has 2 N–H and O–H groups in total. The summed E-state index contributed by atoms with van der Waals surface area (Å²) < 4.78 is 2.63. The standard InChI is InChI=1S/C19H27N3OS/c1-13(2)12-17(18(23)20-14-8-4-3-5-9-14)22-16-11-7-6-10-15(16)21-19(22)24/h6-7,10-11,13-14,17H,3-5,8-9,12H2,1-2H3,(H,20,23)(H,21,24). The molecule has 130 valence electrons. The lowest BCUT2D eigenvalue weighted by Gasteiger charge is -2.27. The normalized spacial score (nSPS) is 17.3. The number of hydrogen-bond acceptors (Lipinski definition) is 2. The number of benzene rings is 1. The molecule has 1 unspecified atom stereocenters. The van der Waals surface area contributed by atoms with Crippen molar-refractivity contribution >= 4 is 29.2 Å². The van der Waals surface area contributed by atoms with Gasteiger partial charge in [0.1, 0.15) is 6.04 Å². The SMILES string of the molecule is CC(C)CC(C(=O)NC1CCCCC1)n1c(=S)[nH]c2ccccc21. The van der Waals surface area contributed by atoms with Crippen LogP contribution in [0.5, 0.6) is 0 Å². The molecule has 0 saturated heterocycles. The minimum absolute atomic E-state index is 0.108. The van der Waals surface area contributed by atoms with Crippen molar-refractivity contribution in [1.29, 1.82) is 0 Å². The van der Waals surface area contributed by atoms with E-state index in [1.54, 1.807) is 0 Å². The lowest BCUT2D eigenvalue weighted by Crippen LogP contribution is -2.41. The third-order valence-electron chi connectivity index (χ3n) is 4.88. The van der Waals surface area contributed by atoms with Crippen LogP contribution in [0.15, 0.2) is 24.3 Å². The van der Waals surface area contributed by atoms with E-state index in [1.807, 2.05) is 28.8 Å². The van der Waals surface area contributed by atoms with E-state index in [1.165, 1.54) is 19.3 Å². The zero-order chi connectivity index (χ0) is 17.1. The molecule has 0 aliphatic heterocycles. The first kappa shape index (κ1) is 17.2. The van der Waals surface area contributed by atoms with Crippen molar-refractivity contribution in [2.45, 2.75) is 64.5 Å². The molecule has 1 atom stereocenters. The fourth-order valence-electron chi connectivity index (χ4n) is 3.70. The summed E-state index contributed by atoms with van der Waals surface area (Å²) in [5.74, 6) is 0.527. The molecule has 1 aliphatic carbocycles. The van der Waals surface area contributed by atoms with Crippen molar-refractivity contribution in [3.63, 3.8) is 0 Å². The number of fused-ring (bicyclic) bond motifs is 1. The Morgan fingerprint density at radius 1 is 1.29 bits per heavy atom. The van der Waals surface area contributed by atoms with Gasteiger partial charge in [0.2, 0.25) is 5.91 Å². The maximum atomic E-state index is 13.0. The van der Waals surface area contributed by atoms with Gasteiger partial charge in [-0.05, 0) is 49.5 Å². The lowest BCUT2D eigenvalue weighted by atomic mass is 9.94. The molecular weight excluding hydrogens is 318 g/mol. The fraction of sp³-hybridized carbons (Fsp3) is 0.579. The third-order valence-corrected chi connectivity index (χ3v) is 5.18. The summed E-state index contributed by atoms with van der Waals surface area (Å²) in [5.41, 5.74) is 1.99. The summed E-state index contributed by atoms with van der Waals surface area (Å²) in [6, 6.07) is 8.08. The highest BCUT2D eigenvalue weighted by Gasteiger charge is 2.26. The fourth-order valence-corrected chi connectivity index (χ4v) is 4.04. The number of aromatic nitrogens is 2. The van der Waals surface area contributed by atoms with Gasteiger partial charge in [-0.1, -0.05) is 45.2 Å². The quantitative estimate of drug-likeness (QED) is 0.769. The van der Waals surface area contributed by atoms with Crippen molar-refractivity contribution in [2.75, 3.05) is 0 Å². The molecule has 1 fully saturated rings. The number of imidazole rings is 1. The van der Waals surface area contributed by atoms with E-state index in [9.17, 15) is 4.79 Å². The predicted molar refractivity (Wildman–Crippen MR) is 101 cm³/mol. The number of nitrogens with one attached hydrogen (secondary N) is 2. The van der Waals surface area contributed by atoms with Crippen LogP contribution in [0.4, 0.5) is 0 Å². The average molecular weight is 346 g/mol. The van der Waals surface area contributed by atoms with Gasteiger partial charge in [-0.15, -0.1) is 0 Å². The molecule has 4 nitrogen and oxygen atoms in total. The van der Waals surface area contributed by atoms with Crippen LogP contribution in [-0.4, -0.2) is 21.5 Å². The van der Waals surface area contributed by atoms with Crippen LogP contribution >= 0.6 is 12.2 Å². The molecule has 24 heavy (non-hydrogen) atoms. The van der Waals surface area contributed by atoms with Gasteiger partial charge in [-0.25, -0.2) is 0 Å². The van der Waals surface area contributed by atoms with E-state index in [2.05, 4.69) is 24.1 Å².